The highest BCUT2D eigenvalue weighted by molar-refractivity contribution is 6.31. The minimum Gasteiger partial charge on any atom is -0.355 e. The molecule has 0 unspecified atom stereocenters. The van der Waals surface area contributed by atoms with E-state index in [4.69, 9.17) is 27.4 Å². The number of carbonyl (C=O) groups excluding carboxylic acids is 1. The molecule has 2 atom stereocenters. The Balaban J connectivity index is 1.48. The number of fused-ring (bicyclic) bond motifs is 1. The van der Waals surface area contributed by atoms with Crippen LogP contribution < -0.4 is 10.6 Å². The van der Waals surface area contributed by atoms with E-state index in [2.05, 4.69) is 23.5 Å². The number of amides is 1. The van der Waals surface area contributed by atoms with Gasteiger partial charge in [-0.15, -0.1) is 0 Å². The van der Waals surface area contributed by atoms with E-state index in [9.17, 15) is 4.79 Å². The summed E-state index contributed by atoms with van der Waals surface area (Å²) < 4.78 is 1.83. The number of benzene rings is 1. The van der Waals surface area contributed by atoms with Crippen LogP contribution in [0.25, 0.3) is 5.65 Å². The van der Waals surface area contributed by atoms with Crippen molar-refractivity contribution >= 4 is 35.7 Å². The van der Waals surface area contributed by atoms with Crippen LogP contribution in [-0.2, 0) is 6.54 Å². The number of rotatable bonds is 5. The van der Waals surface area contributed by atoms with Crippen molar-refractivity contribution in [1.29, 1.82) is 0 Å². The van der Waals surface area contributed by atoms with Crippen molar-refractivity contribution in [1.82, 2.24) is 19.5 Å². The third-order valence-corrected chi connectivity index (χ3v) is 7.07. The quantitative estimate of drug-likeness (QED) is 0.562. The average Bonchev–Trinajstić information content (AvgIpc) is 3.45. The van der Waals surface area contributed by atoms with Crippen LogP contribution in [0.5, 0.6) is 0 Å². The molecule has 3 aromatic rings. The molecule has 4 heterocycles. The normalized spacial score (nSPS) is 20.8. The van der Waals surface area contributed by atoms with Gasteiger partial charge in [0.15, 0.2) is 5.65 Å². The van der Waals surface area contributed by atoms with Gasteiger partial charge in [0.2, 0.25) is 0 Å². The zero-order chi connectivity index (χ0) is 23.8. The molecule has 0 saturated carbocycles. The fourth-order valence-corrected chi connectivity index (χ4v) is 5.30. The van der Waals surface area contributed by atoms with Crippen molar-refractivity contribution in [2.45, 2.75) is 51.2 Å². The summed E-state index contributed by atoms with van der Waals surface area (Å²) in [4.78, 5) is 26.8. The SMILES string of the molecule is C=NCc1ccc(Cl)cc1C(=O)N1CCCC[C@H]1c1cc2nc(N3CC[C@H](N)C3)c(C)cn2n1. The predicted octanol–water partition coefficient (Wildman–Crippen LogP) is 3.80. The lowest BCUT2D eigenvalue weighted by Crippen LogP contribution is -2.39. The van der Waals surface area contributed by atoms with Gasteiger partial charge in [-0.2, -0.15) is 5.10 Å². The summed E-state index contributed by atoms with van der Waals surface area (Å²) in [5.74, 6) is 0.919. The number of anilines is 1. The molecule has 178 valence electrons. The highest BCUT2D eigenvalue weighted by atomic mass is 35.5. The first-order valence-corrected chi connectivity index (χ1v) is 12.2. The summed E-state index contributed by atoms with van der Waals surface area (Å²) in [6.07, 6.45) is 5.86. The molecule has 2 N–H and O–H groups in total. The molecule has 34 heavy (non-hydrogen) atoms. The van der Waals surface area contributed by atoms with Crippen molar-refractivity contribution in [2.24, 2.45) is 10.7 Å². The number of piperidine rings is 1. The lowest BCUT2D eigenvalue weighted by atomic mass is 9.97. The van der Waals surface area contributed by atoms with Gasteiger partial charge in [-0.1, -0.05) is 17.7 Å². The van der Waals surface area contributed by atoms with Gasteiger partial charge in [-0.3, -0.25) is 9.79 Å². The van der Waals surface area contributed by atoms with E-state index in [1.807, 2.05) is 27.7 Å². The molecule has 0 spiro atoms. The molecular weight excluding hydrogens is 450 g/mol. The molecule has 0 bridgehead atoms. The number of aromatic nitrogens is 3. The van der Waals surface area contributed by atoms with Gasteiger partial charge in [0.1, 0.15) is 5.82 Å². The van der Waals surface area contributed by atoms with Gasteiger partial charge in [-0.05, 0) is 57.0 Å². The molecule has 0 aliphatic carbocycles. The Morgan fingerprint density at radius 2 is 2.12 bits per heavy atom. The molecule has 1 amide bonds. The summed E-state index contributed by atoms with van der Waals surface area (Å²) >= 11 is 6.25. The second-order valence-corrected chi connectivity index (χ2v) is 9.74. The number of likely N-dealkylation sites (tertiary alicyclic amines) is 1. The molecule has 9 heteroatoms. The van der Waals surface area contributed by atoms with E-state index in [0.29, 0.717) is 23.7 Å². The number of hydrogen-bond acceptors (Lipinski definition) is 6. The van der Waals surface area contributed by atoms with E-state index in [-0.39, 0.29) is 18.0 Å². The molecular formula is C25H30ClN7O. The van der Waals surface area contributed by atoms with Crippen molar-refractivity contribution in [3.8, 4) is 0 Å². The maximum absolute atomic E-state index is 13.7. The van der Waals surface area contributed by atoms with Gasteiger partial charge in [0, 0.05) is 54.1 Å². The van der Waals surface area contributed by atoms with Crippen LogP contribution in [0.1, 0.15) is 58.9 Å². The maximum atomic E-state index is 13.7. The number of nitrogens with zero attached hydrogens (tertiary/aromatic N) is 6. The number of halogens is 1. The Morgan fingerprint density at radius 3 is 2.88 bits per heavy atom. The van der Waals surface area contributed by atoms with Crippen LogP contribution in [0.15, 0.2) is 35.5 Å². The van der Waals surface area contributed by atoms with Crippen LogP contribution in [0.4, 0.5) is 5.82 Å². The van der Waals surface area contributed by atoms with Gasteiger partial charge >= 0.3 is 0 Å². The third-order valence-electron chi connectivity index (χ3n) is 6.84. The Kier molecular flexibility index (Phi) is 6.27. The molecule has 2 aromatic heterocycles. The number of carbonyl (C=O) groups is 1. The van der Waals surface area contributed by atoms with Gasteiger partial charge in [0.05, 0.1) is 18.3 Å². The topological polar surface area (TPSA) is 92.1 Å². The molecule has 2 aliphatic heterocycles. The molecule has 1 aromatic carbocycles. The number of hydrogen-bond donors (Lipinski definition) is 1. The molecule has 0 radical (unpaired) electrons. The molecule has 2 aliphatic rings. The Bertz CT molecular complexity index is 1240. The minimum atomic E-state index is -0.115. The van der Waals surface area contributed by atoms with Crippen LogP contribution in [-0.4, -0.2) is 57.8 Å². The van der Waals surface area contributed by atoms with E-state index >= 15 is 0 Å². The molecule has 5 rings (SSSR count). The highest BCUT2D eigenvalue weighted by Crippen LogP contribution is 2.33. The fourth-order valence-electron chi connectivity index (χ4n) is 5.12. The first kappa shape index (κ1) is 22.8. The molecule has 8 nitrogen and oxygen atoms in total. The summed E-state index contributed by atoms with van der Waals surface area (Å²) in [6.45, 7) is 8.42. The van der Waals surface area contributed by atoms with Crippen molar-refractivity contribution in [3.63, 3.8) is 0 Å². The maximum Gasteiger partial charge on any atom is 0.254 e. The summed E-state index contributed by atoms with van der Waals surface area (Å²) in [6, 6.07) is 7.46. The van der Waals surface area contributed by atoms with Crippen LogP contribution >= 0.6 is 11.6 Å². The van der Waals surface area contributed by atoms with E-state index in [1.165, 1.54) is 0 Å². The van der Waals surface area contributed by atoms with Crippen molar-refractivity contribution < 1.29 is 4.79 Å². The van der Waals surface area contributed by atoms with Crippen LogP contribution in [0, 0.1) is 6.92 Å². The first-order valence-electron chi connectivity index (χ1n) is 11.8. The second kappa shape index (κ2) is 9.35. The van der Waals surface area contributed by atoms with Gasteiger partial charge < -0.3 is 15.5 Å². The van der Waals surface area contributed by atoms with E-state index < -0.39 is 0 Å². The van der Waals surface area contributed by atoms with Crippen molar-refractivity contribution in [2.75, 3.05) is 24.5 Å². The second-order valence-electron chi connectivity index (χ2n) is 9.31. The summed E-state index contributed by atoms with van der Waals surface area (Å²) in [7, 11) is 0. The lowest BCUT2D eigenvalue weighted by molar-refractivity contribution is 0.0604. The van der Waals surface area contributed by atoms with Gasteiger partial charge in [-0.25, -0.2) is 9.50 Å². The molecule has 2 fully saturated rings. The van der Waals surface area contributed by atoms with Crippen LogP contribution in [0.2, 0.25) is 5.02 Å². The highest BCUT2D eigenvalue weighted by Gasteiger charge is 2.32. The average molecular weight is 480 g/mol. The van der Waals surface area contributed by atoms with Crippen molar-refractivity contribution in [3.05, 3.63) is 57.9 Å². The summed E-state index contributed by atoms with van der Waals surface area (Å²) in [5.41, 5.74) is 10.2. The fraction of sp³-hybridized carbons (Fsp3) is 0.440. The molecule has 2 saturated heterocycles. The Labute approximate surface area is 204 Å². The van der Waals surface area contributed by atoms with Crippen LogP contribution in [0.3, 0.4) is 0 Å². The zero-order valence-corrected chi connectivity index (χ0v) is 20.2. The Morgan fingerprint density at radius 1 is 1.26 bits per heavy atom. The smallest absolute Gasteiger partial charge is 0.254 e. The Hall–Kier alpha value is -2.97. The van der Waals surface area contributed by atoms with E-state index in [0.717, 1.165) is 67.1 Å². The van der Waals surface area contributed by atoms with Gasteiger partial charge in [0.25, 0.3) is 5.91 Å². The lowest BCUT2D eigenvalue weighted by Gasteiger charge is -2.35. The third kappa shape index (κ3) is 4.28. The predicted molar refractivity (Wildman–Crippen MR) is 135 cm³/mol. The number of aryl methyl sites for hydroxylation is 1. The summed E-state index contributed by atoms with van der Waals surface area (Å²) in [5, 5.41) is 5.38. The largest absolute Gasteiger partial charge is 0.355 e. The zero-order valence-electron chi connectivity index (χ0n) is 19.5. The van der Waals surface area contributed by atoms with E-state index in [1.54, 1.807) is 12.1 Å². The number of nitrogens with two attached hydrogens (primary N) is 1. The minimum absolute atomic E-state index is 0.0428. The first-order chi connectivity index (χ1) is 16.4. The standard InChI is InChI=1S/C25H30ClN7O/c1-16-14-33-23(29-24(16)31-10-8-19(27)15-31)12-21(30-33)22-5-3-4-9-32(22)25(34)20-11-18(26)7-6-17(20)13-28-2/h6-7,11-12,14,19,22H,2-5,8-10,13,15,27H2,1H3/t19-,22-/m0/s1. The number of aliphatic imine (C=N–C) groups is 1. The monoisotopic (exact) mass is 479 g/mol.